The molecule has 0 radical (unpaired) electrons. The van der Waals surface area contributed by atoms with Crippen molar-refractivity contribution in [3.8, 4) is 0 Å². The lowest BCUT2D eigenvalue weighted by Crippen LogP contribution is -2.20. The molecule has 0 spiro atoms. The molecule has 0 fully saturated rings. The van der Waals surface area contributed by atoms with Crippen LogP contribution in [0.5, 0.6) is 0 Å². The lowest BCUT2D eigenvalue weighted by atomic mass is 10.0. The van der Waals surface area contributed by atoms with Gasteiger partial charge in [0.05, 0.1) is 10.5 Å². The fraction of sp³-hybridized carbons (Fsp3) is 0.130. The molecule has 5 nitrogen and oxygen atoms in total. The Bertz CT molecular complexity index is 1170. The van der Waals surface area contributed by atoms with E-state index in [1.807, 2.05) is 31.2 Å². The van der Waals surface area contributed by atoms with Gasteiger partial charge in [-0.15, -0.1) is 0 Å². The molecule has 0 saturated carbocycles. The molecule has 0 unspecified atom stereocenters. The van der Waals surface area contributed by atoms with Gasteiger partial charge >= 0.3 is 0 Å². The molecule has 7 heteroatoms. The average molecular weight is 423 g/mol. The van der Waals surface area contributed by atoms with Crippen LogP contribution in [-0.4, -0.2) is 10.7 Å². The van der Waals surface area contributed by atoms with Gasteiger partial charge in [0.2, 0.25) is 0 Å². The predicted molar refractivity (Wildman–Crippen MR) is 124 cm³/mol. The minimum atomic E-state index is -0.348. The van der Waals surface area contributed by atoms with Gasteiger partial charge in [0.25, 0.3) is 5.56 Å². The molecule has 0 atom stereocenters. The third-order valence-electron chi connectivity index (χ3n) is 4.42. The summed E-state index contributed by atoms with van der Waals surface area (Å²) in [5, 5.41) is 11.1. The summed E-state index contributed by atoms with van der Waals surface area (Å²) in [5.74, 6) is -0.348. The number of H-pyrrole nitrogens is 1. The summed E-state index contributed by atoms with van der Waals surface area (Å²) in [6.45, 7) is 9.35. The molecule has 0 aliphatic heterocycles. The van der Waals surface area contributed by atoms with E-state index in [0.29, 0.717) is 27.5 Å². The molecular formula is C23H23FN4OS. The van der Waals surface area contributed by atoms with E-state index in [-0.39, 0.29) is 22.7 Å². The molecule has 2 aromatic carbocycles. The number of anilines is 2. The Kier molecular flexibility index (Phi) is 6.42. The molecule has 0 aliphatic carbocycles. The SMILES string of the molecule is C=C(Nc1ccc(F)c(SNc2ccc(C)cc2)c1)c1cc(C)[nH]c(=O)c1C(C)=N. The van der Waals surface area contributed by atoms with E-state index in [9.17, 15) is 9.18 Å². The van der Waals surface area contributed by atoms with Crippen molar-refractivity contribution in [2.45, 2.75) is 25.7 Å². The molecule has 0 aliphatic rings. The average Bonchev–Trinajstić information content (AvgIpc) is 2.68. The zero-order valence-electron chi connectivity index (χ0n) is 17.0. The first kappa shape index (κ1) is 21.4. The van der Waals surface area contributed by atoms with Crippen molar-refractivity contribution in [2.75, 3.05) is 10.0 Å². The Labute approximate surface area is 179 Å². The quantitative estimate of drug-likeness (QED) is 0.290. The fourth-order valence-corrected chi connectivity index (χ4v) is 3.65. The topological polar surface area (TPSA) is 80.8 Å². The number of aromatic amines is 1. The number of aromatic nitrogens is 1. The first-order valence-corrected chi connectivity index (χ1v) is 10.1. The minimum absolute atomic E-state index is 0.145. The van der Waals surface area contributed by atoms with Crippen LogP contribution in [-0.2, 0) is 0 Å². The monoisotopic (exact) mass is 422 g/mol. The van der Waals surface area contributed by atoms with Crippen LogP contribution in [0.1, 0.15) is 29.3 Å². The Morgan fingerprint density at radius 3 is 2.43 bits per heavy atom. The second kappa shape index (κ2) is 9.00. The van der Waals surface area contributed by atoms with E-state index in [1.54, 1.807) is 32.0 Å². The number of aryl methyl sites for hydroxylation is 2. The van der Waals surface area contributed by atoms with Gasteiger partial charge in [-0.05, 0) is 69.1 Å². The summed E-state index contributed by atoms with van der Waals surface area (Å²) in [7, 11) is 0. The van der Waals surface area contributed by atoms with Gasteiger partial charge in [-0.25, -0.2) is 4.39 Å². The highest BCUT2D eigenvalue weighted by atomic mass is 32.2. The zero-order chi connectivity index (χ0) is 21.8. The van der Waals surface area contributed by atoms with Crippen LogP contribution in [0.3, 0.4) is 0 Å². The Hall–Kier alpha value is -3.32. The van der Waals surface area contributed by atoms with Gasteiger partial charge in [-0.1, -0.05) is 24.3 Å². The van der Waals surface area contributed by atoms with E-state index in [1.165, 1.54) is 18.0 Å². The van der Waals surface area contributed by atoms with Crippen LogP contribution >= 0.6 is 11.9 Å². The zero-order valence-corrected chi connectivity index (χ0v) is 17.8. The molecule has 1 heterocycles. The summed E-state index contributed by atoms with van der Waals surface area (Å²) in [5.41, 5.74) is 4.39. The molecule has 3 aromatic rings. The van der Waals surface area contributed by atoms with E-state index >= 15 is 0 Å². The number of nitrogens with one attached hydrogen (secondary N) is 4. The van der Waals surface area contributed by atoms with Crippen molar-refractivity contribution >= 4 is 34.7 Å². The molecule has 3 rings (SSSR count). The minimum Gasteiger partial charge on any atom is -0.355 e. The van der Waals surface area contributed by atoms with Gasteiger partial charge in [-0.3, -0.25) is 4.79 Å². The summed E-state index contributed by atoms with van der Waals surface area (Å²) in [6, 6.07) is 14.2. The number of rotatable bonds is 7. The first-order valence-electron chi connectivity index (χ1n) is 9.29. The van der Waals surface area contributed by atoms with E-state index in [2.05, 4.69) is 21.6 Å². The van der Waals surface area contributed by atoms with Crippen molar-refractivity contribution in [3.63, 3.8) is 0 Å². The van der Waals surface area contributed by atoms with Crippen molar-refractivity contribution in [1.29, 1.82) is 5.41 Å². The predicted octanol–water partition coefficient (Wildman–Crippen LogP) is 5.72. The molecular weight excluding hydrogens is 399 g/mol. The Morgan fingerprint density at radius 2 is 1.77 bits per heavy atom. The largest absolute Gasteiger partial charge is 0.355 e. The molecule has 0 saturated heterocycles. The molecule has 0 amide bonds. The summed E-state index contributed by atoms with van der Waals surface area (Å²) in [6.07, 6.45) is 0. The highest BCUT2D eigenvalue weighted by molar-refractivity contribution is 8.00. The molecule has 30 heavy (non-hydrogen) atoms. The Balaban J connectivity index is 1.81. The maximum Gasteiger partial charge on any atom is 0.257 e. The number of hydrogen-bond donors (Lipinski definition) is 4. The maximum absolute atomic E-state index is 14.3. The summed E-state index contributed by atoms with van der Waals surface area (Å²) in [4.78, 5) is 15.4. The smallest absolute Gasteiger partial charge is 0.257 e. The number of benzene rings is 2. The van der Waals surface area contributed by atoms with Gasteiger partial charge < -0.3 is 20.4 Å². The van der Waals surface area contributed by atoms with E-state index in [0.717, 1.165) is 11.3 Å². The summed E-state index contributed by atoms with van der Waals surface area (Å²) < 4.78 is 17.4. The van der Waals surface area contributed by atoms with Crippen LogP contribution in [0, 0.1) is 25.1 Å². The third-order valence-corrected chi connectivity index (χ3v) is 5.30. The fourth-order valence-electron chi connectivity index (χ4n) is 2.94. The van der Waals surface area contributed by atoms with Crippen LogP contribution < -0.4 is 15.6 Å². The summed E-state index contributed by atoms with van der Waals surface area (Å²) >= 11 is 1.17. The second-order valence-electron chi connectivity index (χ2n) is 7.01. The number of pyridine rings is 1. The maximum atomic E-state index is 14.3. The standard InChI is InChI=1S/C23H23FN4OS/c1-13-5-7-17(8-6-13)28-30-21-12-18(9-10-20(21)24)27-16(4)19-11-14(2)26-23(29)22(19)15(3)25/h5-12,25,27-28H,4H2,1-3H3,(H,26,29). The lowest BCUT2D eigenvalue weighted by Gasteiger charge is -2.15. The lowest BCUT2D eigenvalue weighted by molar-refractivity contribution is 0.602. The van der Waals surface area contributed by atoms with Crippen LogP contribution in [0.25, 0.3) is 5.70 Å². The van der Waals surface area contributed by atoms with Crippen molar-refractivity contribution in [1.82, 2.24) is 4.98 Å². The van der Waals surface area contributed by atoms with Crippen LogP contribution in [0.4, 0.5) is 15.8 Å². The van der Waals surface area contributed by atoms with Crippen molar-refractivity contribution in [2.24, 2.45) is 0 Å². The third kappa shape index (κ3) is 4.99. The van der Waals surface area contributed by atoms with E-state index < -0.39 is 0 Å². The van der Waals surface area contributed by atoms with Gasteiger partial charge in [0.15, 0.2) is 0 Å². The highest BCUT2D eigenvalue weighted by Crippen LogP contribution is 2.28. The van der Waals surface area contributed by atoms with Gasteiger partial charge in [-0.2, -0.15) is 0 Å². The number of halogens is 1. The normalized spacial score (nSPS) is 10.5. The highest BCUT2D eigenvalue weighted by Gasteiger charge is 2.14. The molecule has 4 N–H and O–H groups in total. The number of hydrogen-bond acceptors (Lipinski definition) is 5. The second-order valence-corrected chi connectivity index (χ2v) is 7.86. The molecule has 0 bridgehead atoms. The van der Waals surface area contributed by atoms with E-state index in [4.69, 9.17) is 5.41 Å². The van der Waals surface area contributed by atoms with Gasteiger partial charge in [0.1, 0.15) is 5.82 Å². The Morgan fingerprint density at radius 1 is 1.10 bits per heavy atom. The van der Waals surface area contributed by atoms with Crippen LogP contribution in [0.2, 0.25) is 0 Å². The van der Waals surface area contributed by atoms with Crippen molar-refractivity contribution in [3.05, 3.63) is 93.7 Å². The molecule has 154 valence electrons. The first-order chi connectivity index (χ1) is 14.2. The van der Waals surface area contributed by atoms with Crippen molar-refractivity contribution < 1.29 is 4.39 Å². The van der Waals surface area contributed by atoms with Crippen LogP contribution in [0.15, 0.2) is 64.8 Å². The van der Waals surface area contributed by atoms with Gasteiger partial charge in [0, 0.05) is 34.0 Å². The molecule has 1 aromatic heterocycles.